The highest BCUT2D eigenvalue weighted by molar-refractivity contribution is 7.93. The Morgan fingerprint density at radius 3 is 0.962 bits per heavy atom. The van der Waals surface area contributed by atoms with Crippen LogP contribution in [0, 0.1) is 58.2 Å². The van der Waals surface area contributed by atoms with Crippen molar-refractivity contribution in [3.05, 3.63) is 130 Å². The number of carbonyl (C=O) groups is 4. The summed E-state index contributed by atoms with van der Waals surface area (Å²) >= 11 is 0. The molecule has 78 heavy (non-hydrogen) atoms. The molecule has 0 aliphatic heterocycles. The molecule has 0 fully saturated rings. The largest absolute Gasteiger partial charge is 0.494 e. The standard InChI is InChI=1S/C46H32F10N6O14S2/c1-73-25-11-19(17-5-7-23(21(9-17)45(67)57-15-29(63)64)61-77(69,70)43-37(53)33(49)31(47)34(50)38(43)54)12-26(74-2)41(25)59-60-42-27(75-3)13-20(14-28(42)76-4)18-6-8-24(22(10-18)46(68)58-16-30(65)66)62-78(71,72)44-39(55)35(51)32(48)36(52)40(44)56/h5-14,61-62H,15-16H2,1-4H3,(H,57,67)(H,58,68)(H,63,64)(H,65,66). The van der Waals surface area contributed by atoms with Crippen LogP contribution >= 0.6 is 0 Å². The lowest BCUT2D eigenvalue weighted by Crippen LogP contribution is -2.30. The fourth-order valence-electron chi connectivity index (χ4n) is 6.95. The second-order valence-electron chi connectivity index (χ2n) is 15.3. The Hall–Kier alpha value is -9.20. The number of aliphatic carboxylic acids is 2. The fourth-order valence-corrected chi connectivity index (χ4v) is 9.40. The van der Waals surface area contributed by atoms with Gasteiger partial charge in [-0.2, -0.15) is 0 Å². The van der Waals surface area contributed by atoms with E-state index in [1.165, 1.54) is 52.7 Å². The molecule has 0 spiro atoms. The van der Waals surface area contributed by atoms with Crippen LogP contribution in [0.1, 0.15) is 20.7 Å². The smallest absolute Gasteiger partial charge is 0.322 e. The van der Waals surface area contributed by atoms with Crippen molar-refractivity contribution in [1.82, 2.24) is 10.6 Å². The van der Waals surface area contributed by atoms with E-state index in [0.29, 0.717) is 0 Å². The molecule has 0 aliphatic carbocycles. The third kappa shape index (κ3) is 11.6. The summed E-state index contributed by atoms with van der Waals surface area (Å²) in [6.45, 7) is -2.10. The van der Waals surface area contributed by atoms with Crippen LogP contribution < -0.4 is 39.0 Å². The predicted octanol–water partition coefficient (Wildman–Crippen LogP) is 8.09. The minimum atomic E-state index is -5.73. The van der Waals surface area contributed by atoms with Gasteiger partial charge in [-0.15, -0.1) is 10.2 Å². The Morgan fingerprint density at radius 1 is 0.436 bits per heavy atom. The minimum Gasteiger partial charge on any atom is -0.494 e. The van der Waals surface area contributed by atoms with E-state index in [0.717, 1.165) is 36.4 Å². The van der Waals surface area contributed by atoms with Gasteiger partial charge in [0.15, 0.2) is 90.7 Å². The molecule has 412 valence electrons. The summed E-state index contributed by atoms with van der Waals surface area (Å²) in [6, 6.07) is 10.9. The second-order valence-corrected chi connectivity index (χ2v) is 18.6. The number of hydrogen-bond donors (Lipinski definition) is 6. The molecule has 0 saturated carbocycles. The molecule has 6 N–H and O–H groups in total. The molecule has 6 aromatic carbocycles. The van der Waals surface area contributed by atoms with E-state index < -0.39 is 147 Å². The number of halogens is 10. The van der Waals surface area contributed by atoms with Crippen LogP contribution in [0.2, 0.25) is 0 Å². The first kappa shape index (κ1) is 58.1. The molecule has 0 aliphatic rings. The first-order chi connectivity index (χ1) is 36.6. The zero-order valence-corrected chi connectivity index (χ0v) is 41.1. The van der Waals surface area contributed by atoms with E-state index in [-0.39, 0.29) is 56.6 Å². The number of methoxy groups -OCH3 is 4. The van der Waals surface area contributed by atoms with Crippen molar-refractivity contribution in [1.29, 1.82) is 0 Å². The average molecular weight is 1150 g/mol. The van der Waals surface area contributed by atoms with Crippen molar-refractivity contribution in [2.75, 3.05) is 51.0 Å². The molecule has 0 atom stereocenters. The lowest BCUT2D eigenvalue weighted by Gasteiger charge is -2.17. The molecular weight excluding hydrogens is 1110 g/mol. The molecule has 0 saturated heterocycles. The van der Waals surface area contributed by atoms with Gasteiger partial charge in [0.1, 0.15) is 13.1 Å². The van der Waals surface area contributed by atoms with Gasteiger partial charge < -0.3 is 39.8 Å². The quantitative estimate of drug-likeness (QED) is 0.0182. The van der Waals surface area contributed by atoms with E-state index in [1.54, 1.807) is 9.44 Å². The van der Waals surface area contributed by atoms with E-state index in [2.05, 4.69) is 10.2 Å². The minimum absolute atomic E-state index is 0.0110. The third-order valence-electron chi connectivity index (χ3n) is 10.6. The number of sulfonamides is 2. The number of carboxylic acid groups (broad SMARTS) is 2. The fraction of sp³-hybridized carbons (Fsp3) is 0.130. The van der Waals surface area contributed by atoms with Crippen molar-refractivity contribution >= 4 is 66.5 Å². The van der Waals surface area contributed by atoms with Crippen molar-refractivity contribution in [3.8, 4) is 45.3 Å². The zero-order valence-electron chi connectivity index (χ0n) is 39.5. The van der Waals surface area contributed by atoms with Gasteiger partial charge in [-0.1, -0.05) is 12.1 Å². The molecule has 6 aromatic rings. The molecule has 2 amide bonds. The summed E-state index contributed by atoms with van der Waals surface area (Å²) in [5.74, 6) is -33.0. The van der Waals surface area contributed by atoms with Crippen LogP contribution in [0.25, 0.3) is 22.3 Å². The average Bonchev–Trinajstić information content (AvgIpc) is 3.48. The Kier molecular flexibility index (Phi) is 17.1. The van der Waals surface area contributed by atoms with Crippen molar-refractivity contribution in [2.45, 2.75) is 9.79 Å². The number of anilines is 2. The van der Waals surface area contributed by atoms with Gasteiger partial charge in [-0.05, 0) is 70.8 Å². The van der Waals surface area contributed by atoms with Gasteiger partial charge in [0.2, 0.25) is 11.6 Å². The number of hydrogen-bond acceptors (Lipinski definition) is 14. The molecule has 32 heteroatoms. The van der Waals surface area contributed by atoms with Crippen molar-refractivity contribution in [2.24, 2.45) is 10.2 Å². The summed E-state index contributed by atoms with van der Waals surface area (Å²) in [7, 11) is -6.80. The summed E-state index contributed by atoms with van der Waals surface area (Å²) in [5, 5.41) is 30.7. The normalized spacial score (nSPS) is 11.5. The number of nitrogens with one attached hydrogen (secondary N) is 4. The van der Waals surface area contributed by atoms with Crippen molar-refractivity contribution in [3.63, 3.8) is 0 Å². The first-order valence-electron chi connectivity index (χ1n) is 20.9. The number of amides is 2. The number of carboxylic acids is 2. The summed E-state index contributed by atoms with van der Waals surface area (Å²) in [4.78, 5) is 44.5. The molecule has 20 nitrogen and oxygen atoms in total. The molecule has 0 bridgehead atoms. The van der Waals surface area contributed by atoms with Gasteiger partial charge in [-0.3, -0.25) is 28.6 Å². The van der Waals surface area contributed by atoms with Crippen LogP contribution in [0.5, 0.6) is 23.0 Å². The molecule has 0 radical (unpaired) electrons. The van der Waals surface area contributed by atoms with Gasteiger partial charge in [0, 0.05) is 0 Å². The summed E-state index contributed by atoms with van der Waals surface area (Å²) < 4.78 is 220. The molecular formula is C46H32F10N6O14S2. The number of azo groups is 1. The Labute approximate surface area is 431 Å². The highest BCUT2D eigenvalue weighted by Crippen LogP contribution is 2.47. The maximum Gasteiger partial charge on any atom is 0.322 e. The molecule has 6 rings (SSSR count). The van der Waals surface area contributed by atoms with Gasteiger partial charge in [-0.25, -0.2) is 60.7 Å². The molecule has 0 unspecified atom stereocenters. The third-order valence-corrected chi connectivity index (χ3v) is 13.3. The lowest BCUT2D eigenvalue weighted by molar-refractivity contribution is -0.136. The number of nitrogens with zero attached hydrogens (tertiary/aromatic N) is 2. The van der Waals surface area contributed by atoms with Gasteiger partial charge >= 0.3 is 11.9 Å². The predicted molar refractivity (Wildman–Crippen MR) is 248 cm³/mol. The Balaban J connectivity index is 1.40. The number of benzene rings is 6. The van der Waals surface area contributed by atoms with Gasteiger partial charge in [0.25, 0.3) is 31.9 Å². The van der Waals surface area contributed by atoms with E-state index in [9.17, 15) is 79.9 Å². The van der Waals surface area contributed by atoms with E-state index in [1.807, 2.05) is 10.6 Å². The van der Waals surface area contributed by atoms with Crippen LogP contribution in [0.4, 0.5) is 66.7 Å². The van der Waals surface area contributed by atoms with E-state index in [4.69, 9.17) is 29.2 Å². The lowest BCUT2D eigenvalue weighted by atomic mass is 10.00. The van der Waals surface area contributed by atoms with Crippen LogP contribution in [0.3, 0.4) is 0 Å². The van der Waals surface area contributed by atoms with Crippen LogP contribution in [0.15, 0.2) is 80.7 Å². The van der Waals surface area contributed by atoms with Crippen LogP contribution in [-0.4, -0.2) is 92.3 Å². The van der Waals surface area contributed by atoms with Crippen molar-refractivity contribution < 1.29 is 109 Å². The maximum atomic E-state index is 14.6. The highest BCUT2D eigenvalue weighted by atomic mass is 32.2. The Morgan fingerprint density at radius 2 is 0.705 bits per heavy atom. The SMILES string of the molecule is COc1cc(-c2ccc(NS(=O)(=O)c3c(F)c(F)c(F)c(F)c3F)c(C(=O)NCC(=O)O)c2)cc(OC)c1N=Nc1c(OC)cc(-c2ccc(NS(=O)(=O)c3c(F)c(F)c(F)c(F)c3F)c(C(=O)NCC(=O)O)c2)cc1OC. The number of rotatable bonds is 20. The molecule has 0 aromatic heterocycles. The number of carbonyl (C=O) groups excluding carboxylic acids is 2. The highest BCUT2D eigenvalue weighted by Gasteiger charge is 2.36. The maximum absolute atomic E-state index is 14.6. The Bertz CT molecular complexity index is 3410. The monoisotopic (exact) mass is 1150 g/mol. The zero-order chi connectivity index (χ0) is 57.9. The topological polar surface area (TPSA) is 287 Å². The van der Waals surface area contributed by atoms with Crippen LogP contribution in [-0.2, 0) is 29.6 Å². The first-order valence-corrected chi connectivity index (χ1v) is 23.9. The summed E-state index contributed by atoms with van der Waals surface area (Å²) in [6.07, 6.45) is 0. The summed E-state index contributed by atoms with van der Waals surface area (Å²) in [5.41, 5.74) is -3.33. The van der Waals surface area contributed by atoms with E-state index >= 15 is 0 Å². The number of ether oxygens (including phenoxy) is 4. The van der Waals surface area contributed by atoms with Gasteiger partial charge in [0.05, 0.1) is 50.9 Å². The second kappa shape index (κ2) is 23.0. The molecule has 0 heterocycles.